The van der Waals surface area contributed by atoms with Gasteiger partial charge in [-0.05, 0) is 13.3 Å². The number of hydrogen-bond donors (Lipinski definition) is 2. The summed E-state index contributed by atoms with van der Waals surface area (Å²) in [5, 5.41) is 11.8. The average molecular weight is 133 g/mol. The highest BCUT2D eigenvalue weighted by Gasteiger charge is 2.26. The summed E-state index contributed by atoms with van der Waals surface area (Å²) in [5.74, 6) is 0. The van der Waals surface area contributed by atoms with Crippen LogP contribution < -0.4 is 5.32 Å². The molecule has 3 heteroatoms. The van der Waals surface area contributed by atoms with Gasteiger partial charge in [-0.15, -0.1) is 0 Å². The van der Waals surface area contributed by atoms with Crippen molar-refractivity contribution in [1.29, 1.82) is 0 Å². The van der Waals surface area contributed by atoms with Crippen molar-refractivity contribution in [1.82, 2.24) is 5.32 Å². The second-order valence-corrected chi connectivity index (χ2v) is 2.59. The van der Waals surface area contributed by atoms with E-state index in [1.54, 1.807) is 6.92 Å². The van der Waals surface area contributed by atoms with Gasteiger partial charge in [-0.3, -0.25) is 0 Å². The molecule has 0 amide bonds. The topological polar surface area (TPSA) is 32.3 Å². The highest BCUT2D eigenvalue weighted by atomic mass is 19.1. The zero-order chi connectivity index (χ0) is 6.85. The third-order valence-electron chi connectivity index (χ3n) is 1.69. The van der Waals surface area contributed by atoms with Crippen LogP contribution >= 0.6 is 0 Å². The Morgan fingerprint density at radius 2 is 2.44 bits per heavy atom. The maximum atomic E-state index is 12.4. The Labute approximate surface area is 54.1 Å². The summed E-state index contributed by atoms with van der Waals surface area (Å²) in [6.45, 7) is 2.07. The van der Waals surface area contributed by atoms with Gasteiger partial charge in [-0.2, -0.15) is 0 Å². The van der Waals surface area contributed by atoms with Crippen molar-refractivity contribution in [3.63, 3.8) is 0 Å². The molecule has 0 aromatic heterocycles. The molecule has 0 unspecified atom stereocenters. The van der Waals surface area contributed by atoms with E-state index >= 15 is 0 Å². The minimum atomic E-state index is -0.760. The number of halogens is 1. The SMILES string of the molecule is C[C@H](O)[C@@H]1C[C@H](F)CN1. The van der Waals surface area contributed by atoms with Gasteiger partial charge in [0.25, 0.3) is 0 Å². The predicted octanol–water partition coefficient (Wildman–Crippen LogP) is 0.0672. The largest absolute Gasteiger partial charge is 0.392 e. The average Bonchev–Trinajstić information content (AvgIpc) is 2.14. The fraction of sp³-hybridized carbons (Fsp3) is 1.00. The minimum absolute atomic E-state index is 0.0278. The lowest BCUT2D eigenvalue weighted by Crippen LogP contribution is -2.32. The molecule has 0 spiro atoms. The number of nitrogens with one attached hydrogen (secondary N) is 1. The maximum absolute atomic E-state index is 12.4. The lowest BCUT2D eigenvalue weighted by Gasteiger charge is -2.11. The Hall–Kier alpha value is -0.150. The van der Waals surface area contributed by atoms with Crippen molar-refractivity contribution >= 4 is 0 Å². The highest BCUT2D eigenvalue weighted by molar-refractivity contribution is 4.84. The predicted molar refractivity (Wildman–Crippen MR) is 33.0 cm³/mol. The zero-order valence-corrected chi connectivity index (χ0v) is 5.47. The molecule has 9 heavy (non-hydrogen) atoms. The quantitative estimate of drug-likeness (QED) is 0.530. The summed E-state index contributed by atoms with van der Waals surface area (Å²) < 4.78 is 12.4. The Morgan fingerprint density at radius 1 is 1.78 bits per heavy atom. The first-order chi connectivity index (χ1) is 4.20. The van der Waals surface area contributed by atoms with Crippen LogP contribution in [-0.4, -0.2) is 30.0 Å². The van der Waals surface area contributed by atoms with Gasteiger partial charge in [-0.1, -0.05) is 0 Å². The highest BCUT2D eigenvalue weighted by Crippen LogP contribution is 2.12. The van der Waals surface area contributed by atoms with Crippen LogP contribution in [0.4, 0.5) is 4.39 Å². The van der Waals surface area contributed by atoms with Crippen LogP contribution in [0.3, 0.4) is 0 Å². The molecule has 0 bridgehead atoms. The van der Waals surface area contributed by atoms with Gasteiger partial charge in [0.1, 0.15) is 6.17 Å². The molecule has 0 aliphatic carbocycles. The smallest absolute Gasteiger partial charge is 0.114 e. The molecule has 3 atom stereocenters. The second-order valence-electron chi connectivity index (χ2n) is 2.59. The Bertz CT molecular complexity index is 97.1. The summed E-state index contributed by atoms with van der Waals surface area (Å²) in [6.07, 6.45) is -0.729. The summed E-state index contributed by atoms with van der Waals surface area (Å²) in [7, 11) is 0. The molecule has 1 aliphatic heterocycles. The van der Waals surface area contributed by atoms with Gasteiger partial charge in [0.05, 0.1) is 6.10 Å². The standard InChI is InChI=1S/C6H12FNO/c1-4(9)6-2-5(7)3-8-6/h4-6,8-9H,2-3H2,1H3/t4-,5-,6-/m0/s1. The Balaban J connectivity index is 2.30. The molecule has 1 aliphatic rings. The van der Waals surface area contributed by atoms with Crippen molar-refractivity contribution in [2.24, 2.45) is 0 Å². The van der Waals surface area contributed by atoms with Crippen LogP contribution in [0, 0.1) is 0 Å². The Morgan fingerprint density at radius 3 is 2.67 bits per heavy atom. The van der Waals surface area contributed by atoms with Gasteiger partial charge in [0.2, 0.25) is 0 Å². The van der Waals surface area contributed by atoms with E-state index < -0.39 is 12.3 Å². The van der Waals surface area contributed by atoms with Gasteiger partial charge in [0, 0.05) is 12.6 Å². The minimum Gasteiger partial charge on any atom is -0.392 e. The van der Waals surface area contributed by atoms with E-state index in [1.165, 1.54) is 0 Å². The first-order valence-corrected chi connectivity index (χ1v) is 3.25. The van der Waals surface area contributed by atoms with Gasteiger partial charge in [0.15, 0.2) is 0 Å². The third kappa shape index (κ3) is 1.63. The van der Waals surface area contributed by atoms with E-state index in [2.05, 4.69) is 5.32 Å². The van der Waals surface area contributed by atoms with Crippen molar-refractivity contribution in [3.05, 3.63) is 0 Å². The van der Waals surface area contributed by atoms with Gasteiger partial charge in [-0.25, -0.2) is 4.39 Å². The number of alkyl halides is 1. The van der Waals surface area contributed by atoms with E-state index in [0.29, 0.717) is 13.0 Å². The number of hydrogen-bond acceptors (Lipinski definition) is 2. The van der Waals surface area contributed by atoms with Crippen LogP contribution in [0.2, 0.25) is 0 Å². The lowest BCUT2D eigenvalue weighted by molar-refractivity contribution is 0.151. The molecule has 1 fully saturated rings. The van der Waals surface area contributed by atoms with Crippen molar-refractivity contribution in [3.8, 4) is 0 Å². The maximum Gasteiger partial charge on any atom is 0.114 e. The van der Waals surface area contributed by atoms with Crippen molar-refractivity contribution in [2.75, 3.05) is 6.54 Å². The van der Waals surface area contributed by atoms with E-state index in [1.807, 2.05) is 0 Å². The van der Waals surface area contributed by atoms with E-state index in [9.17, 15) is 4.39 Å². The van der Waals surface area contributed by atoms with Crippen LogP contribution in [0.25, 0.3) is 0 Å². The van der Waals surface area contributed by atoms with Crippen LogP contribution in [-0.2, 0) is 0 Å². The van der Waals surface area contributed by atoms with Crippen molar-refractivity contribution in [2.45, 2.75) is 31.7 Å². The van der Waals surface area contributed by atoms with Crippen LogP contribution in [0.5, 0.6) is 0 Å². The zero-order valence-electron chi connectivity index (χ0n) is 5.47. The lowest BCUT2D eigenvalue weighted by atomic mass is 10.1. The van der Waals surface area contributed by atoms with E-state index in [0.717, 1.165) is 0 Å². The molecule has 2 N–H and O–H groups in total. The summed E-state index contributed by atoms with van der Waals surface area (Å²) in [4.78, 5) is 0. The summed E-state index contributed by atoms with van der Waals surface area (Å²) in [6, 6.07) is -0.0278. The molecule has 1 heterocycles. The first-order valence-electron chi connectivity index (χ1n) is 3.25. The molecule has 54 valence electrons. The monoisotopic (exact) mass is 133 g/mol. The second kappa shape index (κ2) is 2.62. The molecule has 0 aromatic rings. The van der Waals surface area contributed by atoms with Gasteiger partial charge < -0.3 is 10.4 Å². The molecule has 2 nitrogen and oxygen atoms in total. The van der Waals surface area contributed by atoms with E-state index in [4.69, 9.17) is 5.11 Å². The molecule has 1 saturated heterocycles. The third-order valence-corrected chi connectivity index (χ3v) is 1.69. The van der Waals surface area contributed by atoms with Crippen LogP contribution in [0.15, 0.2) is 0 Å². The van der Waals surface area contributed by atoms with Crippen molar-refractivity contribution < 1.29 is 9.50 Å². The summed E-state index contributed by atoms with van der Waals surface area (Å²) in [5.41, 5.74) is 0. The van der Waals surface area contributed by atoms with Gasteiger partial charge >= 0.3 is 0 Å². The molecule has 1 rings (SSSR count). The fourth-order valence-corrected chi connectivity index (χ4v) is 1.09. The normalized spacial score (nSPS) is 39.0. The molecular formula is C6H12FNO. The fourth-order valence-electron chi connectivity index (χ4n) is 1.09. The number of aliphatic hydroxyl groups is 1. The number of rotatable bonds is 1. The number of aliphatic hydroxyl groups excluding tert-OH is 1. The van der Waals surface area contributed by atoms with Crippen LogP contribution in [0.1, 0.15) is 13.3 Å². The first kappa shape index (κ1) is 6.96. The Kier molecular flexibility index (Phi) is 2.03. The molecule has 0 aromatic carbocycles. The summed E-state index contributed by atoms with van der Waals surface area (Å²) >= 11 is 0. The molecular weight excluding hydrogens is 121 g/mol. The molecule has 0 saturated carbocycles. The van der Waals surface area contributed by atoms with E-state index in [-0.39, 0.29) is 6.04 Å². The molecule has 0 radical (unpaired) electrons.